The first-order chi connectivity index (χ1) is 9.43. The maximum absolute atomic E-state index is 12.1. The number of hydrogen-bond donors (Lipinski definition) is 2. The summed E-state index contributed by atoms with van der Waals surface area (Å²) in [5.74, 6) is 0.596. The number of amides is 1. The van der Waals surface area contributed by atoms with Crippen molar-refractivity contribution in [2.75, 3.05) is 6.54 Å². The van der Waals surface area contributed by atoms with Crippen molar-refractivity contribution in [2.45, 2.75) is 44.6 Å². The van der Waals surface area contributed by atoms with E-state index in [1.54, 1.807) is 10.6 Å². The summed E-state index contributed by atoms with van der Waals surface area (Å²) in [5.41, 5.74) is -0.133. The van der Waals surface area contributed by atoms with Gasteiger partial charge in [-0.05, 0) is 53.6 Å². The third kappa shape index (κ3) is 3.64. The van der Waals surface area contributed by atoms with Crippen LogP contribution in [0, 0.1) is 5.92 Å². The fourth-order valence-corrected chi connectivity index (χ4v) is 3.41. The predicted octanol–water partition coefficient (Wildman–Crippen LogP) is 2.85. The van der Waals surface area contributed by atoms with Gasteiger partial charge in [-0.15, -0.1) is 0 Å². The van der Waals surface area contributed by atoms with E-state index in [0.717, 1.165) is 36.1 Å². The average molecular weight is 343 g/mol. The van der Waals surface area contributed by atoms with Gasteiger partial charge in [0.2, 0.25) is 0 Å². The van der Waals surface area contributed by atoms with Crippen LogP contribution in [-0.2, 0) is 7.05 Å². The van der Waals surface area contributed by atoms with Crippen LogP contribution in [-0.4, -0.2) is 27.7 Å². The van der Waals surface area contributed by atoms with Gasteiger partial charge in [-0.25, -0.2) is 0 Å². The molecule has 0 atom stereocenters. The zero-order valence-electron chi connectivity index (χ0n) is 12.2. The van der Waals surface area contributed by atoms with Crippen LogP contribution in [0.25, 0.3) is 0 Å². The van der Waals surface area contributed by atoms with Crippen LogP contribution in [0.4, 0.5) is 0 Å². The number of aromatic nitrogens is 1. The van der Waals surface area contributed by atoms with E-state index >= 15 is 0 Å². The van der Waals surface area contributed by atoms with Crippen molar-refractivity contribution in [3.63, 3.8) is 0 Å². The molecule has 0 unspecified atom stereocenters. The van der Waals surface area contributed by atoms with Crippen molar-refractivity contribution in [1.82, 2.24) is 9.88 Å². The Morgan fingerprint density at radius 2 is 2.20 bits per heavy atom. The molecule has 1 heterocycles. The second-order valence-corrected chi connectivity index (χ2v) is 6.83. The quantitative estimate of drug-likeness (QED) is 0.883. The number of nitrogens with zero attached hydrogens (tertiary/aromatic N) is 1. The highest BCUT2D eigenvalue weighted by molar-refractivity contribution is 9.10. The summed E-state index contributed by atoms with van der Waals surface area (Å²) in [4.78, 5) is 12.1. The van der Waals surface area contributed by atoms with Gasteiger partial charge in [-0.2, -0.15) is 0 Å². The van der Waals surface area contributed by atoms with Gasteiger partial charge in [-0.3, -0.25) is 4.79 Å². The molecule has 1 fully saturated rings. The normalized spacial score (nSPS) is 26.5. The van der Waals surface area contributed by atoms with Crippen LogP contribution in [0.5, 0.6) is 0 Å². The van der Waals surface area contributed by atoms with Gasteiger partial charge in [0, 0.05) is 24.3 Å². The lowest BCUT2D eigenvalue weighted by Crippen LogP contribution is -2.45. The highest BCUT2D eigenvalue weighted by Crippen LogP contribution is 2.33. The minimum absolute atomic E-state index is 0.135. The second kappa shape index (κ2) is 6.31. The Balaban J connectivity index is 1.89. The Morgan fingerprint density at radius 1 is 1.55 bits per heavy atom. The van der Waals surface area contributed by atoms with Crippen LogP contribution >= 0.6 is 15.9 Å². The largest absolute Gasteiger partial charge is 0.388 e. The van der Waals surface area contributed by atoms with Crippen LogP contribution < -0.4 is 5.32 Å². The second-order valence-electron chi connectivity index (χ2n) is 5.91. The lowest BCUT2D eigenvalue weighted by atomic mass is 9.78. The predicted molar refractivity (Wildman–Crippen MR) is 82.6 cm³/mol. The van der Waals surface area contributed by atoms with Gasteiger partial charge in [0.15, 0.2) is 0 Å². The van der Waals surface area contributed by atoms with Crippen molar-refractivity contribution in [2.24, 2.45) is 13.0 Å². The summed E-state index contributed by atoms with van der Waals surface area (Å²) in [6.07, 6.45) is 6.69. The van der Waals surface area contributed by atoms with Gasteiger partial charge in [-0.1, -0.05) is 13.3 Å². The van der Waals surface area contributed by atoms with Crippen molar-refractivity contribution in [3.05, 3.63) is 22.4 Å². The monoisotopic (exact) mass is 342 g/mol. The number of carbonyl (C=O) groups is 1. The van der Waals surface area contributed by atoms with Crippen molar-refractivity contribution in [1.29, 1.82) is 0 Å². The zero-order chi connectivity index (χ0) is 14.8. The molecule has 0 radical (unpaired) electrons. The van der Waals surface area contributed by atoms with E-state index in [1.807, 2.05) is 13.2 Å². The maximum atomic E-state index is 12.1. The summed E-state index contributed by atoms with van der Waals surface area (Å²) in [7, 11) is 1.83. The lowest BCUT2D eigenvalue weighted by Gasteiger charge is -2.35. The summed E-state index contributed by atoms with van der Waals surface area (Å²) in [6.45, 7) is 2.54. The third-order valence-electron chi connectivity index (χ3n) is 4.40. The summed E-state index contributed by atoms with van der Waals surface area (Å²) in [5, 5.41) is 13.4. The number of rotatable bonds is 4. The standard InChI is InChI=1S/C15H23BrN2O2/c1-3-11-4-6-15(20,7-5-11)10-17-14(19)13-8-12(16)9-18(13)2/h8-9,11,20H,3-7,10H2,1-2H3,(H,17,19). The number of hydrogen-bond acceptors (Lipinski definition) is 2. The Kier molecular flexibility index (Phi) is 4.91. The number of aryl methyl sites for hydroxylation is 1. The van der Waals surface area contributed by atoms with E-state index in [2.05, 4.69) is 28.2 Å². The fraction of sp³-hybridized carbons (Fsp3) is 0.667. The molecular formula is C15H23BrN2O2. The molecule has 1 amide bonds. The molecule has 20 heavy (non-hydrogen) atoms. The number of carbonyl (C=O) groups excluding carboxylic acids is 1. The van der Waals surface area contributed by atoms with Crippen molar-refractivity contribution < 1.29 is 9.90 Å². The molecule has 1 saturated carbocycles. The first kappa shape index (κ1) is 15.6. The smallest absolute Gasteiger partial charge is 0.268 e. The number of nitrogens with one attached hydrogen (secondary N) is 1. The van der Waals surface area contributed by atoms with Crippen molar-refractivity contribution in [3.8, 4) is 0 Å². The van der Waals surface area contributed by atoms with E-state index < -0.39 is 5.60 Å². The van der Waals surface area contributed by atoms with Crippen LogP contribution in [0.3, 0.4) is 0 Å². The molecule has 2 rings (SSSR count). The third-order valence-corrected chi connectivity index (χ3v) is 4.83. The SMILES string of the molecule is CCC1CCC(O)(CNC(=O)c2cc(Br)cn2C)CC1. The molecule has 0 aliphatic heterocycles. The Morgan fingerprint density at radius 3 is 2.70 bits per heavy atom. The molecule has 0 spiro atoms. The van der Waals surface area contributed by atoms with E-state index in [1.165, 1.54) is 6.42 Å². The van der Waals surface area contributed by atoms with Crippen LogP contribution in [0.2, 0.25) is 0 Å². The topological polar surface area (TPSA) is 54.3 Å². The van der Waals surface area contributed by atoms with Crippen molar-refractivity contribution >= 4 is 21.8 Å². The molecule has 0 bridgehead atoms. The molecule has 1 aromatic heterocycles. The highest BCUT2D eigenvalue weighted by Gasteiger charge is 2.33. The maximum Gasteiger partial charge on any atom is 0.268 e. The van der Waals surface area contributed by atoms with Gasteiger partial charge >= 0.3 is 0 Å². The van der Waals surface area contributed by atoms with Gasteiger partial charge in [0.05, 0.1) is 5.60 Å². The first-order valence-corrected chi connectivity index (χ1v) is 8.05. The minimum atomic E-state index is -0.732. The minimum Gasteiger partial charge on any atom is -0.388 e. The average Bonchev–Trinajstić information content (AvgIpc) is 2.76. The molecular weight excluding hydrogens is 320 g/mol. The molecule has 2 N–H and O–H groups in total. The summed E-state index contributed by atoms with van der Waals surface area (Å²) >= 11 is 3.35. The molecule has 1 aliphatic carbocycles. The van der Waals surface area contributed by atoms with Gasteiger partial charge < -0.3 is 15.0 Å². The highest BCUT2D eigenvalue weighted by atomic mass is 79.9. The number of halogens is 1. The molecule has 0 aromatic carbocycles. The van der Waals surface area contributed by atoms with E-state index in [0.29, 0.717) is 12.2 Å². The Hall–Kier alpha value is -0.810. The lowest BCUT2D eigenvalue weighted by molar-refractivity contribution is -0.00792. The summed E-state index contributed by atoms with van der Waals surface area (Å²) in [6, 6.07) is 1.79. The fourth-order valence-electron chi connectivity index (χ4n) is 2.89. The molecule has 1 aromatic rings. The van der Waals surface area contributed by atoms with Crippen LogP contribution in [0.15, 0.2) is 16.7 Å². The molecule has 4 nitrogen and oxygen atoms in total. The van der Waals surface area contributed by atoms with Gasteiger partial charge in [0.25, 0.3) is 5.91 Å². The zero-order valence-corrected chi connectivity index (χ0v) is 13.7. The first-order valence-electron chi connectivity index (χ1n) is 7.26. The number of aliphatic hydroxyl groups is 1. The molecule has 112 valence electrons. The molecule has 1 aliphatic rings. The van der Waals surface area contributed by atoms with E-state index in [9.17, 15) is 9.90 Å². The van der Waals surface area contributed by atoms with E-state index in [-0.39, 0.29) is 5.91 Å². The molecule has 0 saturated heterocycles. The van der Waals surface area contributed by atoms with E-state index in [4.69, 9.17) is 0 Å². The van der Waals surface area contributed by atoms with Crippen LogP contribution in [0.1, 0.15) is 49.5 Å². The Bertz CT molecular complexity index is 476. The summed E-state index contributed by atoms with van der Waals surface area (Å²) < 4.78 is 2.66. The Labute approximate surface area is 128 Å². The van der Waals surface area contributed by atoms with Gasteiger partial charge in [0.1, 0.15) is 5.69 Å². The molecule has 5 heteroatoms.